The van der Waals surface area contributed by atoms with Gasteiger partial charge in [-0.3, -0.25) is 4.79 Å². The summed E-state index contributed by atoms with van der Waals surface area (Å²) in [6.45, 7) is 2.02. The summed E-state index contributed by atoms with van der Waals surface area (Å²) >= 11 is 7.47. The first kappa shape index (κ1) is 11.1. The zero-order valence-corrected chi connectivity index (χ0v) is 10.1. The van der Waals surface area contributed by atoms with Crippen molar-refractivity contribution in [2.75, 3.05) is 0 Å². The maximum absolute atomic E-state index is 11.3. The number of rotatable bonds is 3. The Hall–Kier alpha value is -0.410. The van der Waals surface area contributed by atoms with Crippen LogP contribution in [0.5, 0.6) is 0 Å². The minimum Gasteiger partial charge on any atom is -0.449 e. The number of halogens is 1. The smallest absolute Gasteiger partial charge is 0.193 e. The van der Waals surface area contributed by atoms with E-state index in [0.717, 1.165) is 24.4 Å². The standard InChI is InChI=1S/C11H13ClO2S/c1-7-9(13)3-4-10(7)15-6-8-2-5-11(12)14-8/h2,5,7,10H,3-4,6H2,1H3. The molecular formula is C11H13ClO2S. The Balaban J connectivity index is 1.86. The van der Waals surface area contributed by atoms with E-state index in [1.165, 1.54) is 0 Å². The first-order valence-corrected chi connectivity index (χ1v) is 6.48. The van der Waals surface area contributed by atoms with Gasteiger partial charge in [-0.25, -0.2) is 0 Å². The molecule has 2 nitrogen and oxygen atoms in total. The number of hydrogen-bond acceptors (Lipinski definition) is 3. The average Bonchev–Trinajstić information content (AvgIpc) is 2.74. The van der Waals surface area contributed by atoms with Crippen LogP contribution in [0.4, 0.5) is 0 Å². The lowest BCUT2D eigenvalue weighted by molar-refractivity contribution is -0.120. The fraction of sp³-hybridized carbons (Fsp3) is 0.545. The van der Waals surface area contributed by atoms with Gasteiger partial charge in [0, 0.05) is 17.6 Å². The van der Waals surface area contributed by atoms with Gasteiger partial charge < -0.3 is 4.42 Å². The molecule has 1 saturated carbocycles. The molecule has 1 heterocycles. The summed E-state index contributed by atoms with van der Waals surface area (Å²) in [5, 5.41) is 0.877. The third-order valence-electron chi connectivity index (χ3n) is 2.81. The highest BCUT2D eigenvalue weighted by Gasteiger charge is 2.31. The fourth-order valence-electron chi connectivity index (χ4n) is 1.82. The second-order valence-electron chi connectivity index (χ2n) is 3.85. The molecule has 0 amide bonds. The minimum atomic E-state index is 0.195. The van der Waals surface area contributed by atoms with E-state index in [-0.39, 0.29) is 5.92 Å². The van der Waals surface area contributed by atoms with E-state index in [0.29, 0.717) is 16.3 Å². The third kappa shape index (κ3) is 2.58. The number of furan rings is 1. The van der Waals surface area contributed by atoms with Crippen molar-refractivity contribution in [1.29, 1.82) is 0 Å². The Morgan fingerprint density at radius 2 is 2.40 bits per heavy atom. The van der Waals surface area contributed by atoms with E-state index in [1.54, 1.807) is 17.8 Å². The molecule has 1 aliphatic carbocycles. The molecule has 1 aliphatic rings. The van der Waals surface area contributed by atoms with Gasteiger partial charge in [0.25, 0.3) is 0 Å². The predicted octanol–water partition coefficient (Wildman–Crippen LogP) is 3.53. The summed E-state index contributed by atoms with van der Waals surface area (Å²) < 4.78 is 5.27. The lowest BCUT2D eigenvalue weighted by Gasteiger charge is -2.12. The first-order valence-electron chi connectivity index (χ1n) is 5.05. The van der Waals surface area contributed by atoms with Crippen LogP contribution in [0.3, 0.4) is 0 Å². The van der Waals surface area contributed by atoms with Crippen molar-refractivity contribution in [1.82, 2.24) is 0 Å². The van der Waals surface area contributed by atoms with Crippen LogP contribution in [0.15, 0.2) is 16.5 Å². The monoisotopic (exact) mass is 244 g/mol. The summed E-state index contributed by atoms with van der Waals surface area (Å²) in [4.78, 5) is 11.3. The van der Waals surface area contributed by atoms with Gasteiger partial charge in [-0.15, -0.1) is 11.8 Å². The summed E-state index contributed by atoms with van der Waals surface area (Å²) in [6.07, 6.45) is 1.73. The fourth-order valence-corrected chi connectivity index (χ4v) is 3.24. The van der Waals surface area contributed by atoms with Crippen LogP contribution in [0.1, 0.15) is 25.5 Å². The van der Waals surface area contributed by atoms with E-state index in [2.05, 4.69) is 0 Å². The molecule has 2 unspecified atom stereocenters. The Bertz CT molecular complexity index is 361. The van der Waals surface area contributed by atoms with Gasteiger partial charge in [-0.2, -0.15) is 0 Å². The van der Waals surface area contributed by atoms with Gasteiger partial charge in [0.15, 0.2) is 5.22 Å². The van der Waals surface area contributed by atoms with Gasteiger partial charge in [0.05, 0.1) is 5.75 Å². The number of carbonyl (C=O) groups excluding carboxylic acids is 1. The predicted molar refractivity (Wildman–Crippen MR) is 62.2 cm³/mol. The van der Waals surface area contributed by atoms with Gasteiger partial charge in [-0.05, 0) is 30.2 Å². The van der Waals surface area contributed by atoms with E-state index in [4.69, 9.17) is 16.0 Å². The second kappa shape index (κ2) is 4.62. The Kier molecular flexibility index (Phi) is 3.42. The Morgan fingerprint density at radius 1 is 1.60 bits per heavy atom. The molecule has 0 N–H and O–H groups in total. The van der Waals surface area contributed by atoms with Crippen molar-refractivity contribution < 1.29 is 9.21 Å². The van der Waals surface area contributed by atoms with Gasteiger partial charge >= 0.3 is 0 Å². The summed E-state index contributed by atoms with van der Waals surface area (Å²) in [7, 11) is 0. The topological polar surface area (TPSA) is 30.2 Å². The molecule has 0 spiro atoms. The van der Waals surface area contributed by atoms with Crippen LogP contribution in [-0.2, 0) is 10.5 Å². The van der Waals surface area contributed by atoms with Gasteiger partial charge in [0.2, 0.25) is 0 Å². The number of carbonyl (C=O) groups is 1. The van der Waals surface area contributed by atoms with E-state index in [9.17, 15) is 4.79 Å². The molecule has 0 radical (unpaired) electrons. The maximum Gasteiger partial charge on any atom is 0.193 e. The zero-order chi connectivity index (χ0) is 10.8. The highest BCUT2D eigenvalue weighted by atomic mass is 35.5. The maximum atomic E-state index is 11.3. The lowest BCUT2D eigenvalue weighted by atomic mass is 10.1. The second-order valence-corrected chi connectivity index (χ2v) is 5.45. The van der Waals surface area contributed by atoms with Crippen LogP contribution in [0.2, 0.25) is 5.22 Å². The molecule has 1 fully saturated rings. The van der Waals surface area contributed by atoms with Crippen LogP contribution in [0, 0.1) is 5.92 Å². The molecule has 0 bridgehead atoms. The molecule has 0 saturated heterocycles. The average molecular weight is 245 g/mol. The van der Waals surface area contributed by atoms with Crippen LogP contribution < -0.4 is 0 Å². The summed E-state index contributed by atoms with van der Waals surface area (Å²) in [6, 6.07) is 3.64. The summed E-state index contributed by atoms with van der Waals surface area (Å²) in [5.41, 5.74) is 0. The van der Waals surface area contributed by atoms with E-state index < -0.39 is 0 Å². The molecule has 2 rings (SSSR count). The largest absolute Gasteiger partial charge is 0.449 e. The first-order chi connectivity index (χ1) is 7.16. The molecule has 1 aromatic heterocycles. The molecule has 0 aliphatic heterocycles. The highest BCUT2D eigenvalue weighted by molar-refractivity contribution is 7.99. The van der Waals surface area contributed by atoms with Crippen molar-refractivity contribution in [2.24, 2.45) is 5.92 Å². The SMILES string of the molecule is CC1C(=O)CCC1SCc1ccc(Cl)o1. The van der Waals surface area contributed by atoms with Crippen LogP contribution in [-0.4, -0.2) is 11.0 Å². The Labute approximate surface area is 98.4 Å². The third-order valence-corrected chi connectivity index (χ3v) is 4.54. The van der Waals surface area contributed by atoms with Crippen LogP contribution >= 0.6 is 23.4 Å². The minimum absolute atomic E-state index is 0.195. The van der Waals surface area contributed by atoms with Crippen molar-refractivity contribution in [3.8, 4) is 0 Å². The zero-order valence-electron chi connectivity index (χ0n) is 8.53. The number of hydrogen-bond donors (Lipinski definition) is 0. The van der Waals surface area contributed by atoms with E-state index >= 15 is 0 Å². The van der Waals surface area contributed by atoms with Crippen molar-refractivity contribution in [3.63, 3.8) is 0 Å². The molecule has 15 heavy (non-hydrogen) atoms. The number of ketones is 1. The van der Waals surface area contributed by atoms with E-state index in [1.807, 2.05) is 13.0 Å². The van der Waals surface area contributed by atoms with Crippen LogP contribution in [0.25, 0.3) is 0 Å². The Morgan fingerprint density at radius 3 is 2.93 bits per heavy atom. The van der Waals surface area contributed by atoms with Crippen molar-refractivity contribution in [3.05, 3.63) is 23.1 Å². The highest BCUT2D eigenvalue weighted by Crippen LogP contribution is 2.34. The number of thioether (sulfide) groups is 1. The molecule has 4 heteroatoms. The molecule has 2 atom stereocenters. The normalized spacial score (nSPS) is 26.1. The molecule has 0 aromatic carbocycles. The lowest BCUT2D eigenvalue weighted by Crippen LogP contribution is -2.12. The number of Topliss-reactive ketones (excluding diaryl/α,β-unsaturated/α-hetero) is 1. The van der Waals surface area contributed by atoms with Gasteiger partial charge in [-0.1, -0.05) is 6.92 Å². The quantitative estimate of drug-likeness (QED) is 0.815. The summed E-state index contributed by atoms with van der Waals surface area (Å²) in [5.74, 6) is 2.27. The van der Waals surface area contributed by atoms with Gasteiger partial charge in [0.1, 0.15) is 11.5 Å². The molecule has 1 aromatic rings. The van der Waals surface area contributed by atoms with Crippen molar-refractivity contribution >= 4 is 29.1 Å². The molecular weight excluding hydrogens is 232 g/mol. The van der Waals surface area contributed by atoms with Crippen molar-refractivity contribution in [2.45, 2.75) is 30.8 Å². The molecule has 82 valence electrons.